The summed E-state index contributed by atoms with van der Waals surface area (Å²) in [7, 11) is 0. The molecule has 6 nitrogen and oxygen atoms in total. The first-order valence-corrected chi connectivity index (χ1v) is 8.16. The van der Waals surface area contributed by atoms with Crippen molar-refractivity contribution in [3.63, 3.8) is 0 Å². The third-order valence-corrected chi connectivity index (χ3v) is 4.40. The lowest BCUT2D eigenvalue weighted by Gasteiger charge is -2.22. The Labute approximate surface area is 142 Å². The van der Waals surface area contributed by atoms with Crippen LogP contribution in [0.4, 0.5) is 13.2 Å². The van der Waals surface area contributed by atoms with Crippen molar-refractivity contribution in [1.82, 2.24) is 19.8 Å². The van der Waals surface area contributed by atoms with Gasteiger partial charge >= 0.3 is 6.18 Å². The average Bonchev–Trinajstić information content (AvgIpc) is 3.25. The van der Waals surface area contributed by atoms with Crippen molar-refractivity contribution in [2.75, 3.05) is 6.54 Å². The smallest absolute Gasteiger partial charge is 0.359 e. The molecular weight excluding hydrogens is 337 g/mol. The van der Waals surface area contributed by atoms with Crippen molar-refractivity contribution in [2.45, 2.75) is 51.9 Å². The van der Waals surface area contributed by atoms with Crippen molar-refractivity contribution in [3.8, 4) is 0 Å². The minimum atomic E-state index is -4.52. The summed E-state index contributed by atoms with van der Waals surface area (Å²) in [6, 6.07) is 2.55. The minimum absolute atomic E-state index is 0.224. The van der Waals surface area contributed by atoms with Gasteiger partial charge in [-0.1, -0.05) is 12.1 Å². The van der Waals surface area contributed by atoms with Crippen LogP contribution in [0.2, 0.25) is 0 Å². The summed E-state index contributed by atoms with van der Waals surface area (Å²) < 4.78 is 44.7. The molecule has 0 unspecified atom stereocenters. The average molecular weight is 356 g/mol. The van der Waals surface area contributed by atoms with E-state index in [-0.39, 0.29) is 18.5 Å². The maximum Gasteiger partial charge on any atom is 0.435 e. The van der Waals surface area contributed by atoms with Crippen molar-refractivity contribution >= 4 is 5.91 Å². The molecule has 1 aliphatic heterocycles. The monoisotopic (exact) mass is 356 g/mol. The van der Waals surface area contributed by atoms with Gasteiger partial charge in [0.05, 0.1) is 11.7 Å². The van der Waals surface area contributed by atoms with E-state index in [2.05, 4.69) is 10.3 Å². The predicted molar refractivity (Wildman–Crippen MR) is 81.5 cm³/mol. The van der Waals surface area contributed by atoms with Crippen LogP contribution < -0.4 is 0 Å². The molecule has 1 atom stereocenters. The SMILES string of the molecule is CCc1cc([C@H]2CCCN2C(=O)Cn2nc(C(F)(F)F)cc2C)on1. The van der Waals surface area contributed by atoms with E-state index in [0.717, 1.165) is 35.7 Å². The van der Waals surface area contributed by atoms with Gasteiger partial charge in [-0.25, -0.2) is 0 Å². The van der Waals surface area contributed by atoms with Gasteiger partial charge in [-0.3, -0.25) is 9.48 Å². The highest BCUT2D eigenvalue weighted by Crippen LogP contribution is 2.33. The maximum atomic E-state index is 12.7. The molecule has 3 rings (SSSR count). The van der Waals surface area contributed by atoms with Crippen LogP contribution in [0.5, 0.6) is 0 Å². The number of alkyl halides is 3. The van der Waals surface area contributed by atoms with E-state index in [4.69, 9.17) is 4.52 Å². The lowest BCUT2D eigenvalue weighted by atomic mass is 10.1. The molecule has 0 saturated carbocycles. The van der Waals surface area contributed by atoms with E-state index >= 15 is 0 Å². The fourth-order valence-corrected chi connectivity index (χ4v) is 3.04. The van der Waals surface area contributed by atoms with Gasteiger partial charge in [0.15, 0.2) is 11.5 Å². The Balaban J connectivity index is 1.75. The lowest BCUT2D eigenvalue weighted by molar-refractivity contribution is -0.142. The number of hydrogen-bond acceptors (Lipinski definition) is 4. The topological polar surface area (TPSA) is 64.2 Å². The number of carbonyl (C=O) groups is 1. The first kappa shape index (κ1) is 17.5. The Morgan fingerprint density at radius 3 is 2.76 bits per heavy atom. The molecule has 1 fully saturated rings. The Kier molecular flexibility index (Phi) is 4.57. The van der Waals surface area contributed by atoms with Gasteiger partial charge in [-0.15, -0.1) is 0 Å². The molecule has 0 N–H and O–H groups in total. The van der Waals surface area contributed by atoms with E-state index in [0.29, 0.717) is 18.0 Å². The number of amides is 1. The Morgan fingerprint density at radius 2 is 2.16 bits per heavy atom. The molecule has 136 valence electrons. The minimum Gasteiger partial charge on any atom is -0.359 e. The summed E-state index contributed by atoms with van der Waals surface area (Å²) in [6.45, 7) is 3.77. The lowest BCUT2D eigenvalue weighted by Crippen LogP contribution is -2.33. The van der Waals surface area contributed by atoms with Crippen LogP contribution >= 0.6 is 0 Å². The maximum absolute atomic E-state index is 12.7. The summed E-state index contributed by atoms with van der Waals surface area (Å²) in [6.07, 6.45) is -2.23. The molecule has 0 aromatic carbocycles. The largest absolute Gasteiger partial charge is 0.435 e. The van der Waals surface area contributed by atoms with Gasteiger partial charge in [0.1, 0.15) is 6.54 Å². The third-order valence-electron chi connectivity index (χ3n) is 4.40. The van der Waals surface area contributed by atoms with Crippen LogP contribution in [0.25, 0.3) is 0 Å². The highest BCUT2D eigenvalue weighted by Gasteiger charge is 2.36. The quantitative estimate of drug-likeness (QED) is 0.844. The van der Waals surface area contributed by atoms with Gasteiger partial charge in [0.25, 0.3) is 0 Å². The fraction of sp³-hybridized carbons (Fsp3) is 0.562. The van der Waals surface area contributed by atoms with Crippen molar-refractivity contribution in [3.05, 3.63) is 35.0 Å². The molecule has 0 spiro atoms. The zero-order valence-electron chi connectivity index (χ0n) is 14.0. The number of halogens is 3. The normalized spacial score (nSPS) is 18.1. The number of aryl methyl sites for hydroxylation is 2. The van der Waals surface area contributed by atoms with Crippen LogP contribution in [-0.2, 0) is 23.9 Å². The highest BCUT2D eigenvalue weighted by atomic mass is 19.4. The van der Waals surface area contributed by atoms with Gasteiger partial charge in [0.2, 0.25) is 5.91 Å². The molecule has 2 aromatic rings. The molecule has 9 heteroatoms. The number of rotatable bonds is 4. The molecule has 1 aliphatic rings. The fourth-order valence-electron chi connectivity index (χ4n) is 3.04. The number of hydrogen-bond donors (Lipinski definition) is 0. The molecule has 3 heterocycles. The van der Waals surface area contributed by atoms with E-state index in [1.165, 1.54) is 6.92 Å². The summed E-state index contributed by atoms with van der Waals surface area (Å²) in [5, 5.41) is 7.46. The number of aromatic nitrogens is 3. The zero-order chi connectivity index (χ0) is 18.2. The highest BCUT2D eigenvalue weighted by molar-refractivity contribution is 5.76. The first-order chi connectivity index (χ1) is 11.8. The number of nitrogens with zero attached hydrogens (tertiary/aromatic N) is 4. The van der Waals surface area contributed by atoms with Gasteiger partial charge < -0.3 is 9.42 Å². The summed E-state index contributed by atoms with van der Waals surface area (Å²) in [5.74, 6) is 0.341. The molecule has 2 aromatic heterocycles. The van der Waals surface area contributed by atoms with Crippen LogP contribution in [0.15, 0.2) is 16.7 Å². The Hall–Kier alpha value is -2.32. The molecule has 1 saturated heterocycles. The van der Waals surface area contributed by atoms with Gasteiger partial charge in [0, 0.05) is 18.3 Å². The van der Waals surface area contributed by atoms with Gasteiger partial charge in [-0.2, -0.15) is 18.3 Å². The van der Waals surface area contributed by atoms with Gasteiger partial charge in [-0.05, 0) is 32.3 Å². The van der Waals surface area contributed by atoms with E-state index in [1.807, 2.05) is 13.0 Å². The van der Waals surface area contributed by atoms with Crippen molar-refractivity contribution in [2.24, 2.45) is 0 Å². The Morgan fingerprint density at radius 1 is 1.40 bits per heavy atom. The van der Waals surface area contributed by atoms with E-state index < -0.39 is 11.9 Å². The molecule has 0 radical (unpaired) electrons. The summed E-state index contributed by atoms with van der Waals surface area (Å²) in [4.78, 5) is 14.2. The Bertz CT molecular complexity index is 766. The molecule has 1 amide bonds. The number of carbonyl (C=O) groups excluding carboxylic acids is 1. The predicted octanol–water partition coefficient (Wildman–Crippen LogP) is 3.12. The molecular formula is C16H19F3N4O2. The van der Waals surface area contributed by atoms with Crippen molar-refractivity contribution < 1.29 is 22.5 Å². The summed E-state index contributed by atoms with van der Waals surface area (Å²) in [5.41, 5.74) is 0.120. The van der Waals surface area contributed by atoms with E-state index in [9.17, 15) is 18.0 Å². The van der Waals surface area contributed by atoms with Crippen LogP contribution in [0.1, 0.15) is 48.6 Å². The standard InChI is InChI=1S/C16H19F3N4O2/c1-3-11-8-13(25-21-11)12-5-4-6-22(12)15(24)9-23-10(2)7-14(20-23)16(17,18)19/h7-8,12H,3-6,9H2,1-2H3/t12-/m1/s1. The van der Waals surface area contributed by atoms with Crippen molar-refractivity contribution in [1.29, 1.82) is 0 Å². The second-order valence-electron chi connectivity index (χ2n) is 6.15. The van der Waals surface area contributed by atoms with Crippen LogP contribution in [0, 0.1) is 6.92 Å². The van der Waals surface area contributed by atoms with E-state index in [1.54, 1.807) is 4.90 Å². The first-order valence-electron chi connectivity index (χ1n) is 8.16. The van der Waals surface area contributed by atoms with Crippen LogP contribution in [0.3, 0.4) is 0 Å². The third kappa shape index (κ3) is 3.54. The summed E-state index contributed by atoms with van der Waals surface area (Å²) >= 11 is 0. The van der Waals surface area contributed by atoms with Crippen LogP contribution in [-0.4, -0.2) is 32.3 Å². The molecule has 0 bridgehead atoms. The zero-order valence-corrected chi connectivity index (χ0v) is 14.0. The number of likely N-dealkylation sites (tertiary alicyclic amines) is 1. The molecule has 25 heavy (non-hydrogen) atoms. The molecule has 0 aliphatic carbocycles. The second-order valence-corrected chi connectivity index (χ2v) is 6.15. The second kappa shape index (κ2) is 6.53.